The molecule has 3 amide bonds. The Bertz CT molecular complexity index is 1190. The molecule has 1 atom stereocenters. The maximum absolute atomic E-state index is 12.6. The summed E-state index contributed by atoms with van der Waals surface area (Å²) >= 11 is 1.04. The fourth-order valence-corrected chi connectivity index (χ4v) is 4.57. The Morgan fingerprint density at radius 1 is 0.938 bits per heavy atom. The lowest BCUT2D eigenvalue weighted by Crippen LogP contribution is -2.25. The highest BCUT2D eigenvalue weighted by Gasteiger charge is 2.31. The zero-order valence-electron chi connectivity index (χ0n) is 18.0. The Labute approximate surface area is 191 Å². The number of hydrogen-bond acceptors (Lipinski definition) is 4. The van der Waals surface area contributed by atoms with Crippen molar-refractivity contribution in [1.82, 2.24) is 10.6 Å². The summed E-state index contributed by atoms with van der Waals surface area (Å²) < 4.78 is 0. The first kappa shape index (κ1) is 21.8. The number of imide groups is 1. The molecule has 3 aromatic rings. The van der Waals surface area contributed by atoms with Gasteiger partial charge in [-0.3, -0.25) is 19.7 Å². The SMILES string of the molecule is Cc1cccc(C(=O)NCc2cccc(-c3ccc(CC4SC(=O)NC4=O)cc3)c2)c1C. The molecule has 0 bridgehead atoms. The molecule has 1 fully saturated rings. The molecule has 1 unspecified atom stereocenters. The Kier molecular flexibility index (Phi) is 6.42. The lowest BCUT2D eigenvalue weighted by molar-refractivity contribution is -0.118. The molecule has 2 N–H and O–H groups in total. The summed E-state index contributed by atoms with van der Waals surface area (Å²) in [5.74, 6) is -0.298. The number of amides is 3. The number of thioether (sulfide) groups is 1. The molecule has 1 saturated heterocycles. The molecule has 0 aliphatic carbocycles. The van der Waals surface area contributed by atoms with E-state index in [9.17, 15) is 14.4 Å². The fourth-order valence-electron chi connectivity index (χ4n) is 3.71. The quantitative estimate of drug-likeness (QED) is 0.573. The molecule has 162 valence electrons. The number of carbonyl (C=O) groups is 3. The summed E-state index contributed by atoms with van der Waals surface area (Å²) in [6.07, 6.45) is 0.521. The summed E-state index contributed by atoms with van der Waals surface area (Å²) in [5.41, 5.74) is 6.93. The molecule has 1 aliphatic rings. The van der Waals surface area contributed by atoms with Crippen molar-refractivity contribution in [3.63, 3.8) is 0 Å². The van der Waals surface area contributed by atoms with E-state index in [1.165, 1.54) is 0 Å². The standard InChI is InChI=1S/C26H24N2O3S/c1-16-5-3-8-22(17(16)2)24(29)27-15-19-6-4-7-21(13-19)20-11-9-18(10-12-20)14-23-25(30)28-26(31)32-23/h3-13,23H,14-15H2,1-2H3,(H,27,29)(H,28,30,31). The van der Waals surface area contributed by atoms with Crippen molar-refractivity contribution in [3.8, 4) is 11.1 Å². The third-order valence-electron chi connectivity index (χ3n) is 5.70. The number of carbonyl (C=O) groups excluding carboxylic acids is 3. The van der Waals surface area contributed by atoms with Crippen LogP contribution < -0.4 is 10.6 Å². The van der Waals surface area contributed by atoms with Gasteiger partial charge in [0.25, 0.3) is 11.1 Å². The summed E-state index contributed by atoms with van der Waals surface area (Å²) in [6, 6.07) is 21.8. The molecule has 0 spiro atoms. The van der Waals surface area contributed by atoms with E-state index in [-0.39, 0.29) is 22.3 Å². The Morgan fingerprint density at radius 3 is 2.41 bits per heavy atom. The van der Waals surface area contributed by atoms with E-state index < -0.39 is 0 Å². The summed E-state index contributed by atoms with van der Waals surface area (Å²) in [7, 11) is 0. The number of benzene rings is 3. The second-order valence-electron chi connectivity index (χ2n) is 7.91. The predicted octanol–water partition coefficient (Wildman–Crippen LogP) is 4.79. The third kappa shape index (κ3) is 4.92. The van der Waals surface area contributed by atoms with Crippen molar-refractivity contribution < 1.29 is 14.4 Å². The highest BCUT2D eigenvalue weighted by Crippen LogP contribution is 2.25. The number of rotatable bonds is 6. The summed E-state index contributed by atoms with van der Waals surface area (Å²) in [4.78, 5) is 35.7. The fraction of sp³-hybridized carbons (Fsp3) is 0.192. The third-order valence-corrected chi connectivity index (χ3v) is 6.69. The largest absolute Gasteiger partial charge is 0.348 e. The van der Waals surface area contributed by atoms with Crippen LogP contribution in [-0.2, 0) is 17.8 Å². The molecular formula is C26H24N2O3S. The first-order chi connectivity index (χ1) is 15.4. The molecule has 0 radical (unpaired) electrons. The molecule has 4 rings (SSSR count). The van der Waals surface area contributed by atoms with Gasteiger partial charge in [0.05, 0.1) is 5.25 Å². The van der Waals surface area contributed by atoms with Crippen LogP contribution >= 0.6 is 11.8 Å². The van der Waals surface area contributed by atoms with Gasteiger partial charge in [0.2, 0.25) is 5.91 Å². The maximum Gasteiger partial charge on any atom is 0.286 e. The van der Waals surface area contributed by atoms with Gasteiger partial charge in [-0.05, 0) is 65.8 Å². The number of hydrogen-bond donors (Lipinski definition) is 2. The van der Waals surface area contributed by atoms with Gasteiger partial charge < -0.3 is 5.32 Å². The van der Waals surface area contributed by atoms with E-state index in [2.05, 4.69) is 16.7 Å². The van der Waals surface area contributed by atoms with Gasteiger partial charge in [-0.1, -0.05) is 66.4 Å². The van der Waals surface area contributed by atoms with Crippen LogP contribution in [0.4, 0.5) is 4.79 Å². The zero-order valence-corrected chi connectivity index (χ0v) is 18.8. The van der Waals surface area contributed by atoms with E-state index in [0.717, 1.165) is 45.1 Å². The van der Waals surface area contributed by atoms with Crippen molar-refractivity contribution >= 4 is 28.8 Å². The molecule has 1 aliphatic heterocycles. The minimum absolute atomic E-state index is 0.0757. The lowest BCUT2D eigenvalue weighted by atomic mass is 10.00. The second kappa shape index (κ2) is 9.40. The van der Waals surface area contributed by atoms with Crippen LogP contribution in [0.25, 0.3) is 11.1 Å². The average Bonchev–Trinajstić information content (AvgIpc) is 3.11. The predicted molar refractivity (Wildman–Crippen MR) is 128 cm³/mol. The van der Waals surface area contributed by atoms with E-state index in [1.807, 2.05) is 74.5 Å². The highest BCUT2D eigenvalue weighted by molar-refractivity contribution is 8.15. The Balaban J connectivity index is 1.41. The topological polar surface area (TPSA) is 75.3 Å². The molecule has 3 aromatic carbocycles. The number of nitrogens with one attached hydrogen (secondary N) is 2. The van der Waals surface area contributed by atoms with Crippen LogP contribution in [-0.4, -0.2) is 22.3 Å². The molecule has 32 heavy (non-hydrogen) atoms. The van der Waals surface area contributed by atoms with Gasteiger partial charge in [0, 0.05) is 12.1 Å². The van der Waals surface area contributed by atoms with Gasteiger partial charge in [-0.25, -0.2) is 0 Å². The first-order valence-electron chi connectivity index (χ1n) is 10.4. The van der Waals surface area contributed by atoms with E-state index in [0.29, 0.717) is 18.5 Å². The van der Waals surface area contributed by atoms with Gasteiger partial charge in [0.15, 0.2) is 0 Å². The molecular weight excluding hydrogens is 420 g/mol. The second-order valence-corrected chi connectivity index (χ2v) is 9.09. The first-order valence-corrected chi connectivity index (χ1v) is 11.3. The van der Waals surface area contributed by atoms with Crippen molar-refractivity contribution in [2.24, 2.45) is 0 Å². The van der Waals surface area contributed by atoms with E-state index >= 15 is 0 Å². The van der Waals surface area contributed by atoms with Gasteiger partial charge in [0.1, 0.15) is 0 Å². The monoisotopic (exact) mass is 444 g/mol. The number of aryl methyl sites for hydroxylation is 1. The average molecular weight is 445 g/mol. The summed E-state index contributed by atoms with van der Waals surface area (Å²) in [6.45, 7) is 4.41. The van der Waals surface area contributed by atoms with Gasteiger partial charge in [-0.2, -0.15) is 0 Å². The minimum Gasteiger partial charge on any atom is -0.348 e. The highest BCUT2D eigenvalue weighted by atomic mass is 32.2. The lowest BCUT2D eigenvalue weighted by Gasteiger charge is -2.11. The zero-order chi connectivity index (χ0) is 22.7. The molecule has 5 nitrogen and oxygen atoms in total. The van der Waals surface area contributed by atoms with Crippen molar-refractivity contribution in [3.05, 3.63) is 94.5 Å². The minimum atomic E-state index is -0.364. The van der Waals surface area contributed by atoms with Crippen LogP contribution in [0.15, 0.2) is 66.7 Å². The van der Waals surface area contributed by atoms with Gasteiger partial charge >= 0.3 is 0 Å². The normalized spacial score (nSPS) is 15.5. The van der Waals surface area contributed by atoms with Crippen LogP contribution in [0.1, 0.15) is 32.6 Å². The molecule has 1 heterocycles. The van der Waals surface area contributed by atoms with Crippen LogP contribution in [0.5, 0.6) is 0 Å². The van der Waals surface area contributed by atoms with Crippen molar-refractivity contribution in [2.45, 2.75) is 32.1 Å². The summed E-state index contributed by atoms with van der Waals surface area (Å²) in [5, 5.41) is 4.69. The van der Waals surface area contributed by atoms with Crippen molar-refractivity contribution in [2.75, 3.05) is 0 Å². The Morgan fingerprint density at radius 2 is 1.69 bits per heavy atom. The maximum atomic E-state index is 12.6. The van der Waals surface area contributed by atoms with E-state index in [4.69, 9.17) is 0 Å². The van der Waals surface area contributed by atoms with Crippen molar-refractivity contribution in [1.29, 1.82) is 0 Å². The van der Waals surface area contributed by atoms with Crippen LogP contribution in [0.3, 0.4) is 0 Å². The van der Waals surface area contributed by atoms with Crippen LogP contribution in [0.2, 0.25) is 0 Å². The molecule has 0 aromatic heterocycles. The molecule has 6 heteroatoms. The van der Waals surface area contributed by atoms with E-state index in [1.54, 1.807) is 0 Å². The smallest absolute Gasteiger partial charge is 0.286 e. The molecule has 0 saturated carbocycles. The van der Waals surface area contributed by atoms with Crippen LogP contribution in [0, 0.1) is 13.8 Å². The Hall–Kier alpha value is -3.38. The van der Waals surface area contributed by atoms with Gasteiger partial charge in [-0.15, -0.1) is 0 Å².